The van der Waals surface area contributed by atoms with Crippen LogP contribution in [0.3, 0.4) is 0 Å². The Morgan fingerprint density at radius 1 is 1.36 bits per heavy atom. The van der Waals surface area contributed by atoms with E-state index in [0.717, 1.165) is 18.3 Å². The topological polar surface area (TPSA) is 12.0 Å². The Labute approximate surface area is 91.5 Å². The molecule has 0 radical (unpaired) electrons. The molecule has 0 saturated heterocycles. The third-order valence-corrected chi connectivity index (χ3v) is 3.96. The highest BCUT2D eigenvalue weighted by Crippen LogP contribution is 2.20. The van der Waals surface area contributed by atoms with E-state index in [0.29, 0.717) is 6.04 Å². The molecule has 1 aromatic heterocycles. The second kappa shape index (κ2) is 5.52. The third-order valence-electron chi connectivity index (χ3n) is 3.06. The smallest absolute Gasteiger partial charge is 0.0140 e. The molecule has 1 nitrogen and oxygen atoms in total. The van der Waals surface area contributed by atoms with Gasteiger partial charge in [0, 0.05) is 10.9 Å². The molecule has 1 aromatic rings. The van der Waals surface area contributed by atoms with E-state index in [1.165, 1.54) is 4.88 Å². The lowest BCUT2D eigenvalue weighted by molar-refractivity contribution is 0.311. The van der Waals surface area contributed by atoms with Crippen molar-refractivity contribution in [3.63, 3.8) is 0 Å². The standard InChI is InChI=1S/C12H21NS/c1-9(2)10(3)12(13-4)8-11-6-5-7-14-11/h5-7,9-10,12-13H,8H2,1-4H3. The van der Waals surface area contributed by atoms with Crippen LogP contribution in [0.4, 0.5) is 0 Å². The van der Waals surface area contributed by atoms with Gasteiger partial charge in [0.15, 0.2) is 0 Å². The Balaban J connectivity index is 2.55. The molecule has 1 N–H and O–H groups in total. The van der Waals surface area contributed by atoms with Crippen LogP contribution in [0.2, 0.25) is 0 Å². The largest absolute Gasteiger partial charge is 0.316 e. The van der Waals surface area contributed by atoms with E-state index in [9.17, 15) is 0 Å². The fourth-order valence-electron chi connectivity index (χ4n) is 1.66. The lowest BCUT2D eigenvalue weighted by Gasteiger charge is -2.26. The second-order valence-corrected chi connectivity index (χ2v) is 5.31. The van der Waals surface area contributed by atoms with Crippen LogP contribution in [-0.2, 0) is 6.42 Å². The van der Waals surface area contributed by atoms with Crippen LogP contribution >= 0.6 is 11.3 Å². The van der Waals surface area contributed by atoms with Gasteiger partial charge in [-0.25, -0.2) is 0 Å². The first-order valence-corrected chi connectivity index (χ1v) is 6.22. The van der Waals surface area contributed by atoms with Gasteiger partial charge in [0.05, 0.1) is 0 Å². The molecular weight excluding hydrogens is 190 g/mol. The predicted molar refractivity (Wildman–Crippen MR) is 64.9 cm³/mol. The monoisotopic (exact) mass is 211 g/mol. The highest BCUT2D eigenvalue weighted by molar-refractivity contribution is 7.09. The Kier molecular flexibility index (Phi) is 4.63. The molecule has 0 aliphatic heterocycles. The van der Waals surface area contributed by atoms with Crippen molar-refractivity contribution in [1.29, 1.82) is 0 Å². The Morgan fingerprint density at radius 3 is 2.50 bits per heavy atom. The van der Waals surface area contributed by atoms with Crippen molar-refractivity contribution in [3.05, 3.63) is 22.4 Å². The van der Waals surface area contributed by atoms with E-state index in [4.69, 9.17) is 0 Å². The number of likely N-dealkylation sites (N-methyl/N-ethyl adjacent to an activating group) is 1. The number of thiophene rings is 1. The maximum Gasteiger partial charge on any atom is 0.0140 e. The maximum atomic E-state index is 3.43. The molecule has 2 atom stereocenters. The van der Waals surface area contributed by atoms with Gasteiger partial charge in [0.1, 0.15) is 0 Å². The quantitative estimate of drug-likeness (QED) is 0.789. The molecule has 14 heavy (non-hydrogen) atoms. The normalized spacial score (nSPS) is 15.8. The molecule has 0 aromatic carbocycles. The van der Waals surface area contributed by atoms with Crippen LogP contribution < -0.4 is 5.32 Å². The highest BCUT2D eigenvalue weighted by atomic mass is 32.1. The van der Waals surface area contributed by atoms with Gasteiger partial charge in [-0.3, -0.25) is 0 Å². The van der Waals surface area contributed by atoms with E-state index in [1.54, 1.807) is 0 Å². The molecule has 2 unspecified atom stereocenters. The fraction of sp³-hybridized carbons (Fsp3) is 0.667. The van der Waals surface area contributed by atoms with Crippen LogP contribution in [0.1, 0.15) is 25.6 Å². The summed E-state index contributed by atoms with van der Waals surface area (Å²) in [7, 11) is 2.07. The van der Waals surface area contributed by atoms with Gasteiger partial charge in [-0.05, 0) is 36.8 Å². The molecule has 0 fully saturated rings. The highest BCUT2D eigenvalue weighted by Gasteiger charge is 2.18. The minimum Gasteiger partial charge on any atom is -0.316 e. The summed E-state index contributed by atoms with van der Waals surface area (Å²) < 4.78 is 0. The van der Waals surface area contributed by atoms with E-state index in [2.05, 4.69) is 50.6 Å². The summed E-state index contributed by atoms with van der Waals surface area (Å²) in [4.78, 5) is 1.48. The summed E-state index contributed by atoms with van der Waals surface area (Å²) in [6.07, 6.45) is 1.16. The average molecular weight is 211 g/mol. The van der Waals surface area contributed by atoms with Gasteiger partial charge in [-0.15, -0.1) is 11.3 Å². The molecule has 1 rings (SSSR count). The molecular formula is C12H21NS. The van der Waals surface area contributed by atoms with Crippen molar-refractivity contribution in [2.75, 3.05) is 7.05 Å². The zero-order chi connectivity index (χ0) is 10.6. The predicted octanol–water partition coefficient (Wildman–Crippen LogP) is 3.17. The van der Waals surface area contributed by atoms with Gasteiger partial charge in [-0.1, -0.05) is 26.8 Å². The van der Waals surface area contributed by atoms with E-state index in [-0.39, 0.29) is 0 Å². The molecule has 0 bridgehead atoms. The Bertz CT molecular complexity index is 241. The molecule has 0 spiro atoms. The number of nitrogens with one attached hydrogen (secondary N) is 1. The minimum absolute atomic E-state index is 0.605. The van der Waals surface area contributed by atoms with Crippen molar-refractivity contribution < 1.29 is 0 Å². The van der Waals surface area contributed by atoms with Crippen LogP contribution in [0, 0.1) is 11.8 Å². The van der Waals surface area contributed by atoms with Crippen molar-refractivity contribution in [2.45, 2.75) is 33.2 Å². The first-order chi connectivity index (χ1) is 6.65. The van der Waals surface area contributed by atoms with Crippen LogP contribution in [0.5, 0.6) is 0 Å². The third kappa shape index (κ3) is 3.10. The lowest BCUT2D eigenvalue weighted by Crippen LogP contribution is -2.36. The van der Waals surface area contributed by atoms with Crippen molar-refractivity contribution in [3.8, 4) is 0 Å². The number of hydrogen-bond donors (Lipinski definition) is 1. The van der Waals surface area contributed by atoms with E-state index < -0.39 is 0 Å². The lowest BCUT2D eigenvalue weighted by atomic mass is 9.88. The second-order valence-electron chi connectivity index (χ2n) is 4.28. The van der Waals surface area contributed by atoms with Crippen molar-refractivity contribution in [2.24, 2.45) is 11.8 Å². The minimum atomic E-state index is 0.605. The van der Waals surface area contributed by atoms with Gasteiger partial charge in [0.25, 0.3) is 0 Å². The fourth-order valence-corrected chi connectivity index (χ4v) is 2.43. The molecule has 0 aliphatic carbocycles. The molecule has 0 aliphatic rings. The first-order valence-electron chi connectivity index (χ1n) is 5.34. The summed E-state index contributed by atoms with van der Waals surface area (Å²) in [5.74, 6) is 1.47. The van der Waals surface area contributed by atoms with E-state index in [1.807, 2.05) is 11.3 Å². The Hall–Kier alpha value is -0.340. The number of rotatable bonds is 5. The SMILES string of the molecule is CNC(Cc1cccs1)C(C)C(C)C. The maximum absolute atomic E-state index is 3.43. The van der Waals surface area contributed by atoms with Gasteiger partial charge < -0.3 is 5.32 Å². The van der Waals surface area contributed by atoms with Gasteiger partial charge in [0.2, 0.25) is 0 Å². The summed E-state index contributed by atoms with van der Waals surface area (Å²) >= 11 is 1.86. The summed E-state index contributed by atoms with van der Waals surface area (Å²) in [5, 5.41) is 5.58. The first kappa shape index (κ1) is 11.7. The Morgan fingerprint density at radius 2 is 2.07 bits per heavy atom. The molecule has 2 heteroatoms. The van der Waals surface area contributed by atoms with Crippen LogP contribution in [0.15, 0.2) is 17.5 Å². The van der Waals surface area contributed by atoms with E-state index >= 15 is 0 Å². The molecule has 80 valence electrons. The zero-order valence-corrected chi connectivity index (χ0v) is 10.4. The summed E-state index contributed by atoms with van der Waals surface area (Å²) in [5.41, 5.74) is 0. The summed E-state index contributed by atoms with van der Waals surface area (Å²) in [6.45, 7) is 6.92. The van der Waals surface area contributed by atoms with Gasteiger partial charge in [-0.2, -0.15) is 0 Å². The van der Waals surface area contributed by atoms with Crippen molar-refractivity contribution in [1.82, 2.24) is 5.32 Å². The van der Waals surface area contributed by atoms with Crippen molar-refractivity contribution >= 4 is 11.3 Å². The molecule has 1 heterocycles. The van der Waals surface area contributed by atoms with Crippen LogP contribution in [-0.4, -0.2) is 13.1 Å². The summed E-state index contributed by atoms with van der Waals surface area (Å²) in [6, 6.07) is 4.96. The molecule has 0 amide bonds. The number of hydrogen-bond acceptors (Lipinski definition) is 2. The van der Waals surface area contributed by atoms with Gasteiger partial charge >= 0.3 is 0 Å². The van der Waals surface area contributed by atoms with Crippen LogP contribution in [0.25, 0.3) is 0 Å². The average Bonchev–Trinajstić information content (AvgIpc) is 2.65. The molecule has 0 saturated carbocycles. The zero-order valence-electron chi connectivity index (χ0n) is 9.58.